The summed E-state index contributed by atoms with van der Waals surface area (Å²) in [7, 11) is -3.47. The van der Waals surface area contributed by atoms with Crippen molar-refractivity contribution < 1.29 is 18.3 Å². The number of aliphatic hydroxyl groups is 1. The van der Waals surface area contributed by atoms with Crippen LogP contribution in [-0.4, -0.2) is 46.4 Å². The smallest absolute Gasteiger partial charge is 0.223 e. The molecule has 1 aliphatic rings. The molecule has 0 spiro atoms. The minimum Gasteiger partial charge on any atom is -0.387 e. The molecule has 1 unspecified atom stereocenters. The zero-order valence-corrected chi connectivity index (χ0v) is 15.5. The van der Waals surface area contributed by atoms with Gasteiger partial charge in [-0.25, -0.2) is 8.42 Å². The van der Waals surface area contributed by atoms with E-state index in [2.05, 4.69) is 5.10 Å². The molecule has 140 valence electrons. The van der Waals surface area contributed by atoms with E-state index in [4.69, 9.17) is 0 Å². The molecule has 1 N–H and O–H groups in total. The molecule has 0 saturated carbocycles. The van der Waals surface area contributed by atoms with Gasteiger partial charge in [0.1, 0.15) is 0 Å². The van der Waals surface area contributed by atoms with Crippen molar-refractivity contribution in [2.45, 2.75) is 43.9 Å². The number of aryl methyl sites for hydroxylation is 1. The quantitative estimate of drug-likeness (QED) is 0.853. The summed E-state index contributed by atoms with van der Waals surface area (Å²) in [5.74, 6) is -0.386. The lowest BCUT2D eigenvalue weighted by Gasteiger charge is -2.20. The Balaban J connectivity index is 1.66. The maximum atomic E-state index is 12.6. The van der Waals surface area contributed by atoms with Gasteiger partial charge in [-0.2, -0.15) is 5.10 Å². The Hall–Kier alpha value is -2.19. The number of carbonyl (C=O) groups is 1. The van der Waals surface area contributed by atoms with Crippen molar-refractivity contribution in [3.63, 3.8) is 0 Å². The Labute approximate surface area is 153 Å². The van der Waals surface area contributed by atoms with Crippen LogP contribution in [0.5, 0.6) is 0 Å². The molecular weight excluding hydrogens is 354 g/mol. The van der Waals surface area contributed by atoms with Crippen molar-refractivity contribution in [2.75, 3.05) is 12.3 Å². The lowest BCUT2D eigenvalue weighted by atomic mass is 10.2. The van der Waals surface area contributed by atoms with Gasteiger partial charge in [-0.3, -0.25) is 9.48 Å². The number of nitrogens with zero attached hydrogens (tertiary/aromatic N) is 3. The van der Waals surface area contributed by atoms with E-state index in [0.29, 0.717) is 25.3 Å². The van der Waals surface area contributed by atoms with E-state index in [1.165, 1.54) is 0 Å². The van der Waals surface area contributed by atoms with Crippen LogP contribution in [0.2, 0.25) is 0 Å². The standard InChI is InChI=1S/C18H23N3O4S/c1-14(22)17-12-15-13-20(9-5-10-21(15)19-17)18(23)8-11-26(24,25)16-6-3-2-4-7-16/h2-4,6-7,12,14,22H,5,8-11,13H2,1H3. The number of hydrogen-bond acceptors (Lipinski definition) is 5. The van der Waals surface area contributed by atoms with E-state index in [1.807, 2.05) is 4.68 Å². The first-order valence-electron chi connectivity index (χ1n) is 8.67. The normalized spacial score (nSPS) is 16.0. The monoisotopic (exact) mass is 377 g/mol. The molecule has 0 radical (unpaired) electrons. The number of aromatic nitrogens is 2. The molecule has 1 atom stereocenters. The summed E-state index contributed by atoms with van der Waals surface area (Å²) in [6.45, 7) is 3.27. The van der Waals surface area contributed by atoms with Gasteiger partial charge >= 0.3 is 0 Å². The van der Waals surface area contributed by atoms with Crippen LogP contribution >= 0.6 is 0 Å². The number of sulfone groups is 1. The highest BCUT2D eigenvalue weighted by atomic mass is 32.2. The second-order valence-corrected chi connectivity index (χ2v) is 8.62. The van der Waals surface area contributed by atoms with Gasteiger partial charge < -0.3 is 10.0 Å². The predicted molar refractivity (Wildman–Crippen MR) is 96.0 cm³/mol. The van der Waals surface area contributed by atoms with Crippen molar-refractivity contribution >= 4 is 15.7 Å². The molecule has 1 aliphatic heterocycles. The zero-order chi connectivity index (χ0) is 18.7. The Kier molecular flexibility index (Phi) is 5.43. The summed E-state index contributed by atoms with van der Waals surface area (Å²) >= 11 is 0. The average molecular weight is 377 g/mol. The van der Waals surface area contributed by atoms with E-state index >= 15 is 0 Å². The molecule has 26 heavy (non-hydrogen) atoms. The van der Waals surface area contributed by atoms with Crippen LogP contribution in [0.25, 0.3) is 0 Å². The predicted octanol–water partition coefficient (Wildman–Crippen LogP) is 1.53. The van der Waals surface area contributed by atoms with Gasteiger partial charge in [-0.15, -0.1) is 0 Å². The first-order valence-corrected chi connectivity index (χ1v) is 10.3. The van der Waals surface area contributed by atoms with Crippen LogP contribution < -0.4 is 0 Å². The lowest BCUT2D eigenvalue weighted by Crippen LogP contribution is -2.32. The molecule has 2 aromatic rings. The van der Waals surface area contributed by atoms with Gasteiger partial charge in [-0.1, -0.05) is 18.2 Å². The summed E-state index contributed by atoms with van der Waals surface area (Å²) in [6, 6.07) is 9.99. The number of carbonyl (C=O) groups excluding carboxylic acids is 1. The number of hydrogen-bond donors (Lipinski definition) is 1. The Morgan fingerprint density at radius 2 is 2.00 bits per heavy atom. The van der Waals surface area contributed by atoms with E-state index in [0.717, 1.165) is 12.1 Å². The number of benzene rings is 1. The first kappa shape index (κ1) is 18.6. The number of rotatable bonds is 5. The fourth-order valence-corrected chi connectivity index (χ4v) is 4.28. The van der Waals surface area contributed by atoms with Gasteiger partial charge in [0.2, 0.25) is 5.91 Å². The molecule has 8 heteroatoms. The van der Waals surface area contributed by atoms with Crippen LogP contribution in [0.3, 0.4) is 0 Å². The molecule has 0 saturated heterocycles. The molecule has 3 rings (SSSR count). The third-order valence-corrected chi connectivity index (χ3v) is 6.23. The van der Waals surface area contributed by atoms with Crippen LogP contribution in [0.15, 0.2) is 41.3 Å². The van der Waals surface area contributed by atoms with Gasteiger partial charge in [0.25, 0.3) is 0 Å². The molecule has 0 aliphatic carbocycles. The van der Waals surface area contributed by atoms with Crippen LogP contribution in [0.4, 0.5) is 0 Å². The minimum absolute atomic E-state index is 0.0470. The van der Waals surface area contributed by atoms with Crippen molar-refractivity contribution in [3.05, 3.63) is 47.8 Å². The second-order valence-electron chi connectivity index (χ2n) is 6.51. The van der Waals surface area contributed by atoms with E-state index in [1.54, 1.807) is 48.2 Å². The van der Waals surface area contributed by atoms with E-state index in [9.17, 15) is 18.3 Å². The molecule has 1 amide bonds. The summed E-state index contributed by atoms with van der Waals surface area (Å²) in [4.78, 5) is 14.5. The first-order chi connectivity index (χ1) is 12.4. The van der Waals surface area contributed by atoms with Gasteiger partial charge in [0.15, 0.2) is 9.84 Å². The molecule has 0 fully saturated rings. The number of amides is 1. The number of aliphatic hydroxyl groups excluding tert-OH is 1. The Morgan fingerprint density at radius 1 is 1.27 bits per heavy atom. The summed E-state index contributed by atoms with van der Waals surface area (Å²) in [5, 5.41) is 14.0. The van der Waals surface area contributed by atoms with Gasteiger partial charge in [0, 0.05) is 19.5 Å². The molecular formula is C18H23N3O4S. The summed E-state index contributed by atoms with van der Waals surface area (Å²) in [6.07, 6.45) is 0.0364. The number of fused-ring (bicyclic) bond motifs is 1. The molecule has 7 nitrogen and oxygen atoms in total. The average Bonchev–Trinajstić information content (AvgIpc) is 2.92. The van der Waals surface area contributed by atoms with Crippen LogP contribution in [0, 0.1) is 0 Å². The molecule has 0 bridgehead atoms. The van der Waals surface area contributed by atoms with E-state index in [-0.39, 0.29) is 23.0 Å². The SMILES string of the molecule is CC(O)c1cc2n(n1)CCCN(C(=O)CCS(=O)(=O)c1ccccc1)C2. The lowest BCUT2D eigenvalue weighted by molar-refractivity contribution is -0.131. The van der Waals surface area contributed by atoms with Crippen molar-refractivity contribution in [1.82, 2.24) is 14.7 Å². The third kappa shape index (κ3) is 4.13. The topological polar surface area (TPSA) is 92.5 Å². The Morgan fingerprint density at radius 3 is 2.69 bits per heavy atom. The highest BCUT2D eigenvalue weighted by Crippen LogP contribution is 2.19. The van der Waals surface area contributed by atoms with Crippen LogP contribution in [-0.2, 0) is 27.7 Å². The van der Waals surface area contributed by atoms with E-state index < -0.39 is 15.9 Å². The maximum absolute atomic E-state index is 12.6. The summed E-state index contributed by atoms with van der Waals surface area (Å²) in [5.41, 5.74) is 1.44. The third-order valence-electron chi connectivity index (χ3n) is 4.50. The summed E-state index contributed by atoms with van der Waals surface area (Å²) < 4.78 is 26.5. The maximum Gasteiger partial charge on any atom is 0.223 e. The van der Waals surface area contributed by atoms with Crippen molar-refractivity contribution in [2.24, 2.45) is 0 Å². The molecule has 2 heterocycles. The Bertz CT molecular complexity index is 875. The highest BCUT2D eigenvalue weighted by molar-refractivity contribution is 7.91. The fourth-order valence-electron chi connectivity index (χ4n) is 3.03. The van der Waals surface area contributed by atoms with Gasteiger partial charge in [-0.05, 0) is 31.5 Å². The van der Waals surface area contributed by atoms with Crippen LogP contribution in [0.1, 0.15) is 37.3 Å². The van der Waals surface area contributed by atoms with Gasteiger partial charge in [0.05, 0.1) is 34.7 Å². The second kappa shape index (κ2) is 7.59. The highest BCUT2D eigenvalue weighted by Gasteiger charge is 2.23. The molecule has 1 aromatic carbocycles. The fraction of sp³-hybridized carbons (Fsp3) is 0.444. The zero-order valence-electron chi connectivity index (χ0n) is 14.7. The minimum atomic E-state index is -3.47. The van der Waals surface area contributed by atoms with Crippen molar-refractivity contribution in [3.8, 4) is 0 Å². The van der Waals surface area contributed by atoms with Crippen molar-refractivity contribution in [1.29, 1.82) is 0 Å². The largest absolute Gasteiger partial charge is 0.387 e. The molecule has 1 aromatic heterocycles.